The highest BCUT2D eigenvalue weighted by molar-refractivity contribution is 6.35. The number of fused-ring (bicyclic) bond motifs is 1. The minimum absolute atomic E-state index is 0.309. The quantitative estimate of drug-likeness (QED) is 0.688. The van der Waals surface area contributed by atoms with Gasteiger partial charge >= 0.3 is 11.9 Å². The fourth-order valence-corrected chi connectivity index (χ4v) is 2.66. The Balaban J connectivity index is 2.06. The van der Waals surface area contributed by atoms with E-state index >= 15 is 0 Å². The van der Waals surface area contributed by atoms with Gasteiger partial charge in [-0.25, -0.2) is 9.59 Å². The van der Waals surface area contributed by atoms with Gasteiger partial charge in [-0.05, 0) is 29.8 Å². The average molecular weight is 337 g/mol. The van der Waals surface area contributed by atoms with Crippen molar-refractivity contribution in [3.05, 3.63) is 64.7 Å². The SMILES string of the molecule is COC(=O)c1ccc2c(c1)NC(=O)/C2=C/c1ccccc1C(=O)OC. The molecule has 6 nitrogen and oxygen atoms in total. The van der Waals surface area contributed by atoms with Crippen LogP contribution in [0.2, 0.25) is 0 Å². The molecule has 0 radical (unpaired) electrons. The Morgan fingerprint density at radius 2 is 1.72 bits per heavy atom. The maximum Gasteiger partial charge on any atom is 0.338 e. The van der Waals surface area contributed by atoms with Crippen LogP contribution in [0.5, 0.6) is 0 Å². The topological polar surface area (TPSA) is 81.7 Å². The zero-order chi connectivity index (χ0) is 18.0. The second kappa shape index (κ2) is 6.60. The van der Waals surface area contributed by atoms with Crippen molar-refractivity contribution < 1.29 is 23.9 Å². The van der Waals surface area contributed by atoms with Crippen molar-refractivity contribution in [2.75, 3.05) is 19.5 Å². The minimum Gasteiger partial charge on any atom is -0.465 e. The van der Waals surface area contributed by atoms with E-state index in [-0.39, 0.29) is 5.91 Å². The smallest absolute Gasteiger partial charge is 0.338 e. The van der Waals surface area contributed by atoms with Crippen molar-refractivity contribution in [3.63, 3.8) is 0 Å². The summed E-state index contributed by atoms with van der Waals surface area (Å²) in [6, 6.07) is 11.7. The summed E-state index contributed by atoms with van der Waals surface area (Å²) in [6.07, 6.45) is 1.63. The molecule has 126 valence electrons. The standard InChI is InChI=1S/C19H15NO5/c1-24-18(22)12-7-8-14-15(17(21)20-16(14)10-12)9-11-5-3-4-6-13(11)19(23)25-2/h3-10H,1-2H3,(H,20,21)/b15-9+. The summed E-state index contributed by atoms with van der Waals surface area (Å²) in [7, 11) is 2.60. The predicted molar refractivity (Wildman–Crippen MR) is 92.1 cm³/mol. The van der Waals surface area contributed by atoms with Crippen molar-refractivity contribution in [2.45, 2.75) is 0 Å². The van der Waals surface area contributed by atoms with E-state index in [0.29, 0.717) is 33.5 Å². The van der Waals surface area contributed by atoms with Crippen LogP contribution in [0.15, 0.2) is 42.5 Å². The largest absolute Gasteiger partial charge is 0.465 e. The van der Waals surface area contributed by atoms with Gasteiger partial charge in [-0.3, -0.25) is 4.79 Å². The first kappa shape index (κ1) is 16.4. The first-order valence-corrected chi connectivity index (χ1v) is 7.48. The van der Waals surface area contributed by atoms with E-state index in [1.165, 1.54) is 14.2 Å². The Bertz CT molecular complexity index is 914. The maximum atomic E-state index is 12.3. The molecule has 6 heteroatoms. The minimum atomic E-state index is -0.481. The Kier molecular flexibility index (Phi) is 4.35. The Labute approximate surface area is 144 Å². The fourth-order valence-electron chi connectivity index (χ4n) is 2.66. The van der Waals surface area contributed by atoms with Gasteiger partial charge in [-0.15, -0.1) is 0 Å². The van der Waals surface area contributed by atoms with Gasteiger partial charge in [0.1, 0.15) is 0 Å². The van der Waals surface area contributed by atoms with E-state index in [0.717, 1.165) is 0 Å². The summed E-state index contributed by atoms with van der Waals surface area (Å²) in [5.74, 6) is -1.27. The van der Waals surface area contributed by atoms with Crippen LogP contribution in [-0.4, -0.2) is 32.1 Å². The van der Waals surface area contributed by atoms with Gasteiger partial charge in [0.05, 0.1) is 25.3 Å². The number of anilines is 1. The van der Waals surface area contributed by atoms with Gasteiger partial charge in [-0.1, -0.05) is 24.3 Å². The molecule has 0 spiro atoms. The number of hydrogen-bond donors (Lipinski definition) is 1. The molecule has 3 rings (SSSR count). The van der Waals surface area contributed by atoms with Gasteiger partial charge < -0.3 is 14.8 Å². The molecule has 1 heterocycles. The molecule has 0 bridgehead atoms. The van der Waals surface area contributed by atoms with Gasteiger partial charge in [0.25, 0.3) is 5.91 Å². The normalized spacial score (nSPS) is 14.0. The monoisotopic (exact) mass is 337 g/mol. The molecule has 2 aromatic rings. The molecule has 0 aromatic heterocycles. The van der Waals surface area contributed by atoms with Crippen LogP contribution in [0, 0.1) is 0 Å². The van der Waals surface area contributed by atoms with Gasteiger partial charge in [0.2, 0.25) is 0 Å². The first-order valence-electron chi connectivity index (χ1n) is 7.48. The van der Waals surface area contributed by atoms with Crippen LogP contribution in [-0.2, 0) is 14.3 Å². The van der Waals surface area contributed by atoms with Crippen LogP contribution >= 0.6 is 0 Å². The predicted octanol–water partition coefficient (Wildman–Crippen LogP) is 2.75. The number of hydrogen-bond acceptors (Lipinski definition) is 5. The number of carbonyl (C=O) groups is 3. The summed E-state index contributed by atoms with van der Waals surface area (Å²) >= 11 is 0. The average Bonchev–Trinajstić information content (AvgIpc) is 2.95. The zero-order valence-corrected chi connectivity index (χ0v) is 13.7. The summed E-state index contributed by atoms with van der Waals surface area (Å²) < 4.78 is 9.45. The van der Waals surface area contributed by atoms with Gasteiger partial charge in [0.15, 0.2) is 0 Å². The molecule has 1 N–H and O–H groups in total. The van der Waals surface area contributed by atoms with E-state index in [4.69, 9.17) is 4.74 Å². The van der Waals surface area contributed by atoms with Crippen molar-refractivity contribution in [3.8, 4) is 0 Å². The number of rotatable bonds is 3. The van der Waals surface area contributed by atoms with E-state index < -0.39 is 11.9 Å². The second-order valence-electron chi connectivity index (χ2n) is 5.34. The zero-order valence-electron chi connectivity index (χ0n) is 13.7. The van der Waals surface area contributed by atoms with Crippen LogP contribution in [0.3, 0.4) is 0 Å². The van der Waals surface area contributed by atoms with E-state index in [1.54, 1.807) is 48.5 Å². The van der Waals surface area contributed by atoms with Crippen LogP contribution in [0.4, 0.5) is 5.69 Å². The highest BCUT2D eigenvalue weighted by atomic mass is 16.5. The first-order chi connectivity index (χ1) is 12.0. The lowest BCUT2D eigenvalue weighted by Gasteiger charge is -2.05. The summed E-state index contributed by atoms with van der Waals surface area (Å²) in [5.41, 5.74) is 2.86. The third kappa shape index (κ3) is 3.01. The number of methoxy groups -OCH3 is 2. The van der Waals surface area contributed by atoms with Crippen LogP contribution in [0.1, 0.15) is 31.8 Å². The summed E-state index contributed by atoms with van der Waals surface area (Å²) in [6.45, 7) is 0. The molecule has 1 aliphatic heterocycles. The van der Waals surface area contributed by atoms with Crippen molar-refractivity contribution in [1.29, 1.82) is 0 Å². The maximum absolute atomic E-state index is 12.3. The Hall–Kier alpha value is -3.41. The van der Waals surface area contributed by atoms with Crippen LogP contribution in [0.25, 0.3) is 11.6 Å². The molecule has 0 atom stereocenters. The van der Waals surface area contributed by atoms with E-state index in [1.807, 2.05) is 0 Å². The van der Waals surface area contributed by atoms with Gasteiger partial charge in [0, 0.05) is 16.8 Å². The van der Waals surface area contributed by atoms with Crippen molar-refractivity contribution >= 4 is 35.2 Å². The number of amides is 1. The molecule has 0 fully saturated rings. The number of carbonyl (C=O) groups excluding carboxylic acids is 3. The highest BCUT2D eigenvalue weighted by Gasteiger charge is 2.26. The highest BCUT2D eigenvalue weighted by Crippen LogP contribution is 2.34. The van der Waals surface area contributed by atoms with Crippen LogP contribution < -0.4 is 5.32 Å². The second-order valence-corrected chi connectivity index (χ2v) is 5.34. The molecular weight excluding hydrogens is 322 g/mol. The molecule has 0 unspecified atom stereocenters. The number of ether oxygens (including phenoxy) is 2. The Morgan fingerprint density at radius 1 is 1.00 bits per heavy atom. The summed E-state index contributed by atoms with van der Waals surface area (Å²) in [4.78, 5) is 35.8. The fraction of sp³-hybridized carbons (Fsp3) is 0.105. The van der Waals surface area contributed by atoms with E-state index in [9.17, 15) is 14.4 Å². The molecular formula is C19H15NO5. The lowest BCUT2D eigenvalue weighted by Crippen LogP contribution is -2.06. The molecule has 2 aromatic carbocycles. The van der Waals surface area contributed by atoms with Crippen molar-refractivity contribution in [2.24, 2.45) is 0 Å². The summed E-state index contributed by atoms with van der Waals surface area (Å²) in [5, 5.41) is 2.72. The number of esters is 2. The van der Waals surface area contributed by atoms with Gasteiger partial charge in [-0.2, -0.15) is 0 Å². The molecule has 0 saturated carbocycles. The molecule has 0 aliphatic carbocycles. The lowest BCUT2D eigenvalue weighted by atomic mass is 10.00. The molecule has 1 aliphatic rings. The van der Waals surface area contributed by atoms with E-state index in [2.05, 4.69) is 10.1 Å². The number of benzene rings is 2. The molecule has 1 amide bonds. The molecule has 0 saturated heterocycles. The third-order valence-corrected chi connectivity index (χ3v) is 3.89. The molecule has 25 heavy (non-hydrogen) atoms. The Morgan fingerprint density at radius 3 is 2.44 bits per heavy atom. The third-order valence-electron chi connectivity index (χ3n) is 3.89. The van der Waals surface area contributed by atoms with Crippen molar-refractivity contribution in [1.82, 2.24) is 0 Å². The number of nitrogens with one attached hydrogen (secondary N) is 1. The lowest BCUT2D eigenvalue weighted by molar-refractivity contribution is -0.110.